The van der Waals surface area contributed by atoms with Crippen LogP contribution in [0.2, 0.25) is 0 Å². The molecule has 0 aliphatic rings. The number of aliphatic hydroxyl groups excluding tert-OH is 1. The molecular weight excluding hydrogens is 264 g/mol. The van der Waals surface area contributed by atoms with Crippen molar-refractivity contribution in [1.82, 2.24) is 0 Å². The van der Waals surface area contributed by atoms with Crippen LogP contribution >= 0.6 is 0 Å². The van der Waals surface area contributed by atoms with Crippen molar-refractivity contribution < 1.29 is 29.0 Å². The molecule has 20 heavy (non-hydrogen) atoms. The Labute approximate surface area is 115 Å². The molecule has 0 aromatic heterocycles. The van der Waals surface area contributed by atoms with Gasteiger partial charge >= 0.3 is 11.9 Å². The number of carbonyl (C=O) groups excluding carboxylic acids is 3. The topological polar surface area (TPSA) is 89.9 Å². The Balaban J connectivity index is 2.22. The number of ether oxygens (including phenoxy) is 2. The summed E-state index contributed by atoms with van der Waals surface area (Å²) in [5.74, 6) is -1.85. The van der Waals surface area contributed by atoms with Gasteiger partial charge in [-0.25, -0.2) is 9.59 Å². The van der Waals surface area contributed by atoms with Gasteiger partial charge in [0.05, 0.1) is 5.56 Å². The second-order valence-electron chi connectivity index (χ2n) is 3.63. The lowest BCUT2D eigenvalue weighted by atomic mass is 10.2. The fourth-order valence-corrected chi connectivity index (χ4v) is 1.20. The van der Waals surface area contributed by atoms with Gasteiger partial charge in [0, 0.05) is 6.08 Å². The van der Waals surface area contributed by atoms with Crippen molar-refractivity contribution in [2.45, 2.75) is 0 Å². The Hall–Kier alpha value is -2.47. The van der Waals surface area contributed by atoms with Crippen LogP contribution in [0.5, 0.6) is 0 Å². The third-order valence-electron chi connectivity index (χ3n) is 2.13. The Bertz CT molecular complexity index is 492. The standard InChI is InChI=1S/C14H14O6/c15-10-12(16)6-7-13(17)19-8-9-20-14(18)11-4-2-1-3-5-11/h1-7,15H,8-10H2/b7-6+. The molecule has 0 aliphatic carbocycles. The number of ketones is 1. The smallest absolute Gasteiger partial charge is 0.338 e. The van der Waals surface area contributed by atoms with Gasteiger partial charge in [-0.05, 0) is 18.2 Å². The molecule has 1 rings (SSSR count). The minimum Gasteiger partial charge on any atom is -0.459 e. The van der Waals surface area contributed by atoms with Crippen molar-refractivity contribution in [3.63, 3.8) is 0 Å². The van der Waals surface area contributed by atoms with Crippen molar-refractivity contribution in [1.29, 1.82) is 0 Å². The van der Waals surface area contributed by atoms with E-state index in [4.69, 9.17) is 9.84 Å². The van der Waals surface area contributed by atoms with Gasteiger partial charge in [-0.2, -0.15) is 0 Å². The number of esters is 2. The molecule has 0 saturated heterocycles. The molecule has 1 N–H and O–H groups in total. The zero-order chi connectivity index (χ0) is 14.8. The molecule has 0 radical (unpaired) electrons. The highest BCUT2D eigenvalue weighted by atomic mass is 16.6. The van der Waals surface area contributed by atoms with Crippen LogP contribution in [0.3, 0.4) is 0 Å². The zero-order valence-corrected chi connectivity index (χ0v) is 10.7. The van der Waals surface area contributed by atoms with E-state index in [1.54, 1.807) is 30.3 Å². The Morgan fingerprint density at radius 2 is 1.65 bits per heavy atom. The molecule has 0 saturated carbocycles. The van der Waals surface area contributed by atoms with E-state index in [9.17, 15) is 14.4 Å². The van der Waals surface area contributed by atoms with Crippen LogP contribution in [-0.4, -0.2) is 42.6 Å². The predicted octanol–water partition coefficient (Wildman–Crippen LogP) is 0.504. The van der Waals surface area contributed by atoms with Crippen molar-refractivity contribution >= 4 is 17.7 Å². The average molecular weight is 278 g/mol. The first-order chi connectivity index (χ1) is 9.63. The summed E-state index contributed by atoms with van der Waals surface area (Å²) in [5.41, 5.74) is 0.410. The summed E-state index contributed by atoms with van der Waals surface area (Å²) in [6.07, 6.45) is 1.82. The minimum absolute atomic E-state index is 0.0821. The van der Waals surface area contributed by atoms with Crippen molar-refractivity contribution in [2.24, 2.45) is 0 Å². The summed E-state index contributed by atoms with van der Waals surface area (Å²) >= 11 is 0. The lowest BCUT2D eigenvalue weighted by molar-refractivity contribution is -0.139. The van der Waals surface area contributed by atoms with E-state index in [1.807, 2.05) is 0 Å². The minimum atomic E-state index is -0.748. The fraction of sp³-hybridized carbons (Fsp3) is 0.214. The van der Waals surface area contributed by atoms with E-state index in [1.165, 1.54) is 0 Å². The van der Waals surface area contributed by atoms with Crippen molar-refractivity contribution in [3.8, 4) is 0 Å². The highest BCUT2D eigenvalue weighted by molar-refractivity contribution is 5.96. The molecule has 0 spiro atoms. The number of hydrogen-bond donors (Lipinski definition) is 1. The van der Waals surface area contributed by atoms with Gasteiger partial charge in [0.25, 0.3) is 0 Å². The number of aliphatic hydroxyl groups is 1. The van der Waals surface area contributed by atoms with Crippen LogP contribution in [0, 0.1) is 0 Å². The molecule has 6 nitrogen and oxygen atoms in total. The summed E-state index contributed by atoms with van der Waals surface area (Å²) in [4.78, 5) is 33.3. The molecule has 0 unspecified atom stereocenters. The molecule has 0 fully saturated rings. The van der Waals surface area contributed by atoms with Crippen molar-refractivity contribution in [2.75, 3.05) is 19.8 Å². The summed E-state index contributed by atoms with van der Waals surface area (Å²) in [5, 5.41) is 8.42. The highest BCUT2D eigenvalue weighted by Crippen LogP contribution is 2.00. The lowest BCUT2D eigenvalue weighted by Gasteiger charge is -2.04. The van der Waals surface area contributed by atoms with Gasteiger partial charge in [0.1, 0.15) is 19.8 Å². The van der Waals surface area contributed by atoms with E-state index in [0.717, 1.165) is 12.2 Å². The molecule has 6 heteroatoms. The first-order valence-electron chi connectivity index (χ1n) is 5.84. The molecule has 0 atom stereocenters. The van der Waals surface area contributed by atoms with E-state index < -0.39 is 24.3 Å². The van der Waals surface area contributed by atoms with E-state index in [0.29, 0.717) is 5.56 Å². The normalized spacial score (nSPS) is 10.2. The Kier molecular flexibility index (Phi) is 6.70. The van der Waals surface area contributed by atoms with Gasteiger partial charge in [-0.1, -0.05) is 18.2 Å². The predicted molar refractivity (Wildman–Crippen MR) is 68.9 cm³/mol. The van der Waals surface area contributed by atoms with Crippen LogP contribution in [0.1, 0.15) is 10.4 Å². The molecule has 0 aliphatic heterocycles. The maximum atomic E-state index is 11.5. The Morgan fingerprint density at radius 3 is 2.30 bits per heavy atom. The maximum absolute atomic E-state index is 11.5. The summed E-state index contributed by atoms with van der Waals surface area (Å²) in [6.45, 7) is -0.866. The van der Waals surface area contributed by atoms with Gasteiger partial charge in [-0.3, -0.25) is 4.79 Å². The molecule has 1 aromatic rings. The van der Waals surface area contributed by atoms with Gasteiger partial charge in [0.15, 0.2) is 5.78 Å². The average Bonchev–Trinajstić information content (AvgIpc) is 2.49. The highest BCUT2D eigenvalue weighted by Gasteiger charge is 2.06. The third kappa shape index (κ3) is 5.92. The van der Waals surface area contributed by atoms with E-state index in [2.05, 4.69) is 4.74 Å². The first kappa shape index (κ1) is 15.6. The van der Waals surface area contributed by atoms with Crippen LogP contribution in [0.4, 0.5) is 0 Å². The summed E-state index contributed by atoms with van der Waals surface area (Å²) in [6, 6.07) is 8.41. The molecule has 0 bridgehead atoms. The van der Waals surface area contributed by atoms with E-state index in [-0.39, 0.29) is 13.2 Å². The molecular formula is C14H14O6. The molecule has 0 amide bonds. The SMILES string of the molecule is O=C(/C=C/C(=O)OCCOC(=O)c1ccccc1)CO. The second-order valence-corrected chi connectivity index (χ2v) is 3.63. The lowest BCUT2D eigenvalue weighted by Crippen LogP contribution is -2.13. The Morgan fingerprint density at radius 1 is 1.00 bits per heavy atom. The zero-order valence-electron chi connectivity index (χ0n) is 10.7. The van der Waals surface area contributed by atoms with Crippen LogP contribution in [0.15, 0.2) is 42.5 Å². The number of carbonyl (C=O) groups is 3. The summed E-state index contributed by atoms with van der Waals surface area (Å²) in [7, 11) is 0. The molecule has 0 heterocycles. The van der Waals surface area contributed by atoms with Gasteiger partial charge in [0.2, 0.25) is 0 Å². The first-order valence-corrected chi connectivity index (χ1v) is 5.84. The van der Waals surface area contributed by atoms with Crippen molar-refractivity contribution in [3.05, 3.63) is 48.0 Å². The fourth-order valence-electron chi connectivity index (χ4n) is 1.20. The number of rotatable bonds is 7. The third-order valence-corrected chi connectivity index (χ3v) is 2.13. The maximum Gasteiger partial charge on any atom is 0.338 e. The molecule has 1 aromatic carbocycles. The quantitative estimate of drug-likeness (QED) is 0.444. The monoisotopic (exact) mass is 278 g/mol. The van der Waals surface area contributed by atoms with Gasteiger partial charge in [-0.15, -0.1) is 0 Å². The van der Waals surface area contributed by atoms with Gasteiger partial charge < -0.3 is 14.6 Å². The van der Waals surface area contributed by atoms with Crippen LogP contribution < -0.4 is 0 Å². The largest absolute Gasteiger partial charge is 0.459 e. The van der Waals surface area contributed by atoms with Crippen LogP contribution in [-0.2, 0) is 19.1 Å². The molecule has 106 valence electrons. The number of hydrogen-bond acceptors (Lipinski definition) is 6. The second kappa shape index (κ2) is 8.60. The van der Waals surface area contributed by atoms with E-state index >= 15 is 0 Å². The number of benzene rings is 1. The summed E-state index contributed by atoms with van der Waals surface area (Å²) < 4.78 is 9.56. The van der Waals surface area contributed by atoms with Crippen LogP contribution in [0.25, 0.3) is 0 Å².